The minimum absolute atomic E-state index is 0.182. The molecule has 0 saturated carbocycles. The summed E-state index contributed by atoms with van der Waals surface area (Å²) in [6.45, 7) is 2.14. The van der Waals surface area contributed by atoms with Crippen LogP contribution in [0.5, 0.6) is 5.75 Å². The van der Waals surface area contributed by atoms with E-state index in [1.54, 1.807) is 31.0 Å². The van der Waals surface area contributed by atoms with Gasteiger partial charge in [-0.2, -0.15) is 5.10 Å². The van der Waals surface area contributed by atoms with Crippen LogP contribution in [0.2, 0.25) is 4.34 Å². The van der Waals surface area contributed by atoms with E-state index in [-0.39, 0.29) is 15.7 Å². The Balaban J connectivity index is 1.54. The third kappa shape index (κ3) is 7.46. The first kappa shape index (κ1) is 29.2. The smallest absolute Gasteiger partial charge is 0.193 e. The third-order valence-corrected chi connectivity index (χ3v) is 9.79. The number of thiophene rings is 1. The molecule has 0 amide bonds. The molecule has 39 heavy (non-hydrogen) atoms. The van der Waals surface area contributed by atoms with Gasteiger partial charge in [0.2, 0.25) is 0 Å². The Morgan fingerprint density at radius 3 is 2.59 bits per heavy atom. The highest BCUT2D eigenvalue weighted by molar-refractivity contribution is 7.92. The fourth-order valence-corrected chi connectivity index (χ4v) is 7.28. The first-order chi connectivity index (χ1) is 18.7. The van der Waals surface area contributed by atoms with Gasteiger partial charge in [-0.05, 0) is 48.9 Å². The molecule has 0 aliphatic rings. The van der Waals surface area contributed by atoms with E-state index in [1.807, 2.05) is 42.3 Å². The molecular weight excluding hydrogens is 558 g/mol. The second-order valence-electron chi connectivity index (χ2n) is 9.37. The number of hydrogen-bond donors (Lipinski definition) is 0. The van der Waals surface area contributed by atoms with Crippen molar-refractivity contribution in [3.05, 3.63) is 75.8 Å². The summed E-state index contributed by atoms with van der Waals surface area (Å²) in [5.41, 5.74) is 3.27. The Hall–Kier alpha value is -2.76. The summed E-state index contributed by atoms with van der Waals surface area (Å²) in [4.78, 5) is 14.4. The summed E-state index contributed by atoms with van der Waals surface area (Å²) in [5.74, 6) is 0.479. The lowest BCUT2D eigenvalue weighted by atomic mass is 10.0. The minimum Gasteiger partial charge on any atom is -0.496 e. The van der Waals surface area contributed by atoms with Gasteiger partial charge < -0.3 is 9.47 Å². The number of rotatable bonds is 14. The van der Waals surface area contributed by atoms with Crippen molar-refractivity contribution in [2.24, 2.45) is 0 Å². The number of hydrogen-bond acceptors (Lipinski definition) is 8. The first-order valence-electron chi connectivity index (χ1n) is 12.5. The maximum absolute atomic E-state index is 13.1. The first-order valence-corrected chi connectivity index (χ1v) is 15.3. The van der Waals surface area contributed by atoms with Crippen molar-refractivity contribution in [3.8, 4) is 5.75 Å². The number of aryl methyl sites for hydroxylation is 1. The summed E-state index contributed by atoms with van der Waals surface area (Å²) >= 11 is 7.02. The molecule has 0 saturated heterocycles. The second kappa shape index (κ2) is 13.1. The van der Waals surface area contributed by atoms with Crippen LogP contribution < -0.4 is 4.74 Å². The number of aromatic nitrogens is 2. The molecule has 2 heterocycles. The molecule has 0 atom stereocenters. The van der Waals surface area contributed by atoms with E-state index in [4.69, 9.17) is 26.2 Å². The molecule has 0 aliphatic carbocycles. The van der Waals surface area contributed by atoms with Crippen LogP contribution >= 0.6 is 22.9 Å². The van der Waals surface area contributed by atoms with Crippen LogP contribution in [0.4, 0.5) is 0 Å². The lowest BCUT2D eigenvalue weighted by Gasteiger charge is -2.14. The van der Waals surface area contributed by atoms with Crippen LogP contribution in [0.3, 0.4) is 0 Å². The average Bonchev–Trinajstić information content (AvgIpc) is 3.50. The number of halogens is 1. The van der Waals surface area contributed by atoms with Gasteiger partial charge in [0, 0.05) is 20.1 Å². The van der Waals surface area contributed by atoms with Gasteiger partial charge in [0.05, 0.1) is 47.7 Å². The zero-order chi connectivity index (χ0) is 28.0. The Morgan fingerprint density at radius 2 is 1.87 bits per heavy atom. The van der Waals surface area contributed by atoms with Crippen LogP contribution in [0, 0.1) is 0 Å². The van der Waals surface area contributed by atoms with Crippen molar-refractivity contribution in [2.75, 3.05) is 41.0 Å². The maximum atomic E-state index is 13.1. The third-order valence-electron chi connectivity index (χ3n) is 6.35. The minimum atomic E-state index is -3.64. The van der Waals surface area contributed by atoms with E-state index in [1.165, 1.54) is 6.07 Å². The van der Waals surface area contributed by atoms with Gasteiger partial charge in [0.25, 0.3) is 0 Å². The summed E-state index contributed by atoms with van der Waals surface area (Å²) in [5, 5.41) is 5.40. The largest absolute Gasteiger partial charge is 0.496 e. The topological polar surface area (TPSA) is 90.7 Å². The summed E-state index contributed by atoms with van der Waals surface area (Å²) in [6, 6.07) is 16.7. The molecule has 0 N–H and O–H groups in total. The van der Waals surface area contributed by atoms with Crippen molar-refractivity contribution in [1.82, 2.24) is 14.7 Å². The lowest BCUT2D eigenvalue weighted by molar-refractivity contribution is -0.120. The number of Topliss-reactive ketones (excluding diaryl/α,β-unsaturated/α-hetero) is 1. The van der Waals surface area contributed by atoms with E-state index in [2.05, 4.69) is 6.07 Å². The van der Waals surface area contributed by atoms with Crippen molar-refractivity contribution in [2.45, 2.75) is 29.3 Å². The number of methoxy groups -OCH3 is 2. The SMILES string of the molecule is COCCN(C)CC(=O)CCc1cccc(Cn2nc(CS(=O)(=O)c3ccc(Cl)s3)c3c(OC)cccc32)c1. The molecule has 2 aromatic heterocycles. The highest BCUT2D eigenvalue weighted by Crippen LogP contribution is 2.33. The van der Waals surface area contributed by atoms with Crippen LogP contribution in [0.15, 0.2) is 58.8 Å². The Morgan fingerprint density at radius 1 is 1.10 bits per heavy atom. The van der Waals surface area contributed by atoms with E-state index in [9.17, 15) is 13.2 Å². The van der Waals surface area contributed by atoms with E-state index in [0.717, 1.165) is 28.0 Å². The van der Waals surface area contributed by atoms with Gasteiger partial charge in [-0.1, -0.05) is 41.9 Å². The zero-order valence-corrected chi connectivity index (χ0v) is 24.6. The summed E-state index contributed by atoms with van der Waals surface area (Å²) < 4.78 is 39.3. The number of likely N-dealkylation sites (N-methyl/N-ethyl adjacent to an activating group) is 1. The predicted molar refractivity (Wildman–Crippen MR) is 155 cm³/mol. The molecule has 0 aliphatic heterocycles. The Labute approximate surface area is 238 Å². The molecule has 4 aromatic rings. The van der Waals surface area contributed by atoms with Crippen molar-refractivity contribution >= 4 is 49.5 Å². The molecule has 0 unspecified atom stereocenters. The van der Waals surface area contributed by atoms with Crippen molar-refractivity contribution < 1.29 is 22.7 Å². The molecule has 208 valence electrons. The summed E-state index contributed by atoms with van der Waals surface area (Å²) in [6.07, 6.45) is 1.10. The highest BCUT2D eigenvalue weighted by atomic mass is 35.5. The number of sulfone groups is 1. The quantitative estimate of drug-likeness (QED) is 0.207. The fraction of sp³-hybridized carbons (Fsp3) is 0.357. The lowest BCUT2D eigenvalue weighted by Crippen LogP contribution is -2.29. The molecule has 2 aromatic carbocycles. The standard InChI is InChI=1S/C28H32ClN3O5S2/c1-31(14-15-36-2)18-22(33)11-10-20-6-4-7-21(16-20)17-32-24-8-5-9-25(37-3)28(24)23(30-32)19-39(34,35)27-13-12-26(29)38-27/h4-9,12-13,16H,10-11,14-15,17-19H2,1-3H3. The van der Waals surface area contributed by atoms with Crippen molar-refractivity contribution in [1.29, 1.82) is 0 Å². The molecular formula is C28H32ClN3O5S2. The predicted octanol–water partition coefficient (Wildman–Crippen LogP) is 4.86. The molecule has 4 rings (SSSR count). The highest BCUT2D eigenvalue weighted by Gasteiger charge is 2.24. The van der Waals surface area contributed by atoms with Gasteiger partial charge in [-0.25, -0.2) is 8.42 Å². The van der Waals surface area contributed by atoms with E-state index in [0.29, 0.717) is 60.2 Å². The number of nitrogens with zero attached hydrogens (tertiary/aromatic N) is 3. The molecule has 0 radical (unpaired) electrons. The number of ketones is 1. The van der Waals surface area contributed by atoms with E-state index >= 15 is 0 Å². The van der Waals surface area contributed by atoms with Crippen LogP contribution in [0.25, 0.3) is 10.9 Å². The Bertz CT molecular complexity index is 1550. The molecule has 0 spiro atoms. The zero-order valence-electron chi connectivity index (χ0n) is 22.2. The second-order valence-corrected chi connectivity index (χ2v) is 13.3. The monoisotopic (exact) mass is 589 g/mol. The number of benzene rings is 2. The fourth-order valence-electron chi connectivity index (χ4n) is 4.43. The number of ether oxygens (including phenoxy) is 2. The normalized spacial score (nSPS) is 11.9. The van der Waals surface area contributed by atoms with Crippen LogP contribution in [0.1, 0.15) is 23.2 Å². The van der Waals surface area contributed by atoms with Gasteiger partial charge >= 0.3 is 0 Å². The van der Waals surface area contributed by atoms with Gasteiger partial charge in [-0.3, -0.25) is 14.4 Å². The number of fused-ring (bicyclic) bond motifs is 1. The van der Waals surface area contributed by atoms with Gasteiger partial charge in [0.15, 0.2) is 9.84 Å². The number of carbonyl (C=O) groups is 1. The van der Waals surface area contributed by atoms with Crippen LogP contribution in [-0.4, -0.2) is 69.8 Å². The maximum Gasteiger partial charge on any atom is 0.193 e. The van der Waals surface area contributed by atoms with Gasteiger partial charge in [-0.15, -0.1) is 11.3 Å². The number of carbonyl (C=O) groups excluding carboxylic acids is 1. The molecule has 0 bridgehead atoms. The molecule has 0 fully saturated rings. The summed E-state index contributed by atoms with van der Waals surface area (Å²) in [7, 11) is 1.48. The Kier molecular flexibility index (Phi) is 9.79. The molecule has 8 nitrogen and oxygen atoms in total. The van der Waals surface area contributed by atoms with E-state index < -0.39 is 9.84 Å². The van der Waals surface area contributed by atoms with Crippen LogP contribution in [-0.2, 0) is 38.1 Å². The van der Waals surface area contributed by atoms with Crippen molar-refractivity contribution in [3.63, 3.8) is 0 Å². The molecule has 11 heteroatoms. The average molecular weight is 590 g/mol. The van der Waals surface area contributed by atoms with Gasteiger partial charge in [0.1, 0.15) is 21.5 Å².